The van der Waals surface area contributed by atoms with Gasteiger partial charge in [0, 0.05) is 29.3 Å². The highest BCUT2D eigenvalue weighted by Crippen LogP contribution is 2.28. The van der Waals surface area contributed by atoms with Crippen LogP contribution in [0.2, 0.25) is 0 Å². The highest BCUT2D eigenvalue weighted by Gasteiger charge is 2.28. The molecule has 1 unspecified atom stereocenters. The first-order valence-electron chi connectivity index (χ1n) is 8.56. The standard InChI is InChI=1S/C18H20N2O5S3/c1-28(24,25)13-4-2-11(3-5-13)14(16(22)20-18-19-7-9-27-18)10-12-6-8-26-17(23)15(12)21/h2-5,7,9-10,12H,6,8H2,1H3,26H4,(H,19,20,22)/b14-10+. The van der Waals surface area contributed by atoms with Crippen LogP contribution in [0.5, 0.6) is 0 Å². The third-order valence-electron chi connectivity index (χ3n) is 4.39. The molecule has 1 aromatic heterocycles. The normalized spacial score (nSPS) is 18.5. The fraction of sp³-hybridized carbons (Fsp3) is 0.222. The molecule has 28 heavy (non-hydrogen) atoms. The van der Waals surface area contributed by atoms with Crippen LogP contribution >= 0.6 is 23.1 Å². The average molecular weight is 441 g/mol. The van der Waals surface area contributed by atoms with E-state index in [-0.39, 0.29) is 15.6 Å². The Bertz CT molecular complexity index is 1040. The lowest BCUT2D eigenvalue weighted by Gasteiger charge is -2.19. The van der Waals surface area contributed by atoms with E-state index in [1.807, 2.05) is 0 Å². The summed E-state index contributed by atoms with van der Waals surface area (Å²) in [6.45, 7) is 0. The molecule has 1 aliphatic heterocycles. The predicted molar refractivity (Wildman–Crippen MR) is 114 cm³/mol. The number of amides is 1. The zero-order valence-electron chi connectivity index (χ0n) is 15.0. The molecule has 2 aromatic rings. The Kier molecular flexibility index (Phi) is 6.11. The number of carbonyl (C=O) groups excluding carboxylic acids is 3. The van der Waals surface area contributed by atoms with Crippen molar-refractivity contribution in [3.8, 4) is 0 Å². The van der Waals surface area contributed by atoms with Crippen LogP contribution in [0.15, 0.2) is 46.8 Å². The monoisotopic (exact) mass is 440 g/mol. The van der Waals surface area contributed by atoms with E-state index in [1.54, 1.807) is 11.6 Å². The van der Waals surface area contributed by atoms with Crippen molar-refractivity contribution in [1.29, 1.82) is 0 Å². The topological polar surface area (TPSA) is 110 Å². The molecule has 0 spiro atoms. The van der Waals surface area contributed by atoms with Crippen LogP contribution in [0.3, 0.4) is 0 Å². The zero-order valence-corrected chi connectivity index (χ0v) is 18.1. The van der Waals surface area contributed by atoms with Crippen LogP contribution in [0, 0.1) is 5.92 Å². The van der Waals surface area contributed by atoms with Crippen molar-refractivity contribution >= 4 is 60.4 Å². The molecule has 0 radical (unpaired) electrons. The summed E-state index contributed by atoms with van der Waals surface area (Å²) >= 11 is 0.235. The number of hydrogen-bond acceptors (Lipinski definition) is 7. The molecule has 7 nitrogen and oxygen atoms in total. The Morgan fingerprint density at radius 3 is 2.61 bits per heavy atom. The van der Waals surface area contributed by atoms with E-state index < -0.39 is 39.2 Å². The molecule has 1 atom stereocenters. The predicted octanol–water partition coefficient (Wildman–Crippen LogP) is 1.35. The minimum atomic E-state index is -3.37. The lowest BCUT2D eigenvalue weighted by atomic mass is 9.94. The van der Waals surface area contributed by atoms with Gasteiger partial charge in [0.2, 0.25) is 10.9 Å². The number of thiazole rings is 1. The number of hydrogen-bond donors (Lipinski definition) is 1. The summed E-state index contributed by atoms with van der Waals surface area (Å²) in [5.41, 5.74) is 0.675. The van der Waals surface area contributed by atoms with Gasteiger partial charge < -0.3 is 0 Å². The number of Topliss-reactive ketones (excluding diaryl/α,β-unsaturated/α-hetero) is 1. The Hall–Kier alpha value is -2.30. The molecule has 0 aliphatic carbocycles. The smallest absolute Gasteiger partial charge is 0.257 e. The van der Waals surface area contributed by atoms with E-state index in [1.165, 1.54) is 41.7 Å². The average Bonchev–Trinajstić information content (AvgIpc) is 3.15. The van der Waals surface area contributed by atoms with E-state index in [0.29, 0.717) is 17.1 Å². The van der Waals surface area contributed by atoms with Gasteiger partial charge >= 0.3 is 0 Å². The van der Waals surface area contributed by atoms with Gasteiger partial charge in [-0.25, -0.2) is 13.4 Å². The zero-order chi connectivity index (χ0) is 20.3. The molecule has 1 fully saturated rings. The van der Waals surface area contributed by atoms with E-state index in [9.17, 15) is 22.8 Å². The largest absolute Gasteiger partial charge is 0.298 e. The molecule has 1 saturated heterocycles. The van der Waals surface area contributed by atoms with Gasteiger partial charge in [-0.05, 0) is 29.9 Å². The fourth-order valence-electron chi connectivity index (χ4n) is 2.94. The van der Waals surface area contributed by atoms with Gasteiger partial charge in [-0.15, -0.1) is 11.3 Å². The molecule has 0 saturated carbocycles. The Morgan fingerprint density at radius 2 is 2.00 bits per heavy atom. The van der Waals surface area contributed by atoms with Crippen LogP contribution in [-0.2, 0) is 24.2 Å². The van der Waals surface area contributed by atoms with Gasteiger partial charge in [0.05, 0.1) is 4.90 Å². The number of aromatic nitrogens is 1. The summed E-state index contributed by atoms with van der Waals surface area (Å²) in [5.74, 6) is -0.823. The second kappa shape index (κ2) is 8.38. The summed E-state index contributed by atoms with van der Waals surface area (Å²) in [6.07, 6.45) is 4.72. The van der Waals surface area contributed by atoms with Gasteiger partial charge in [0.15, 0.2) is 15.0 Å². The summed E-state index contributed by atoms with van der Waals surface area (Å²) in [6, 6.07) is 5.87. The summed E-state index contributed by atoms with van der Waals surface area (Å²) in [5, 5.41) is 4.50. The Balaban J connectivity index is 1.98. The number of benzene rings is 1. The van der Waals surface area contributed by atoms with Gasteiger partial charge in [0.1, 0.15) is 0 Å². The molecular formula is C18H20N2O5S3. The van der Waals surface area contributed by atoms with Crippen molar-refractivity contribution < 1.29 is 22.8 Å². The molecule has 0 bridgehead atoms. The maximum Gasteiger partial charge on any atom is 0.257 e. The van der Waals surface area contributed by atoms with Gasteiger partial charge in [0.25, 0.3) is 5.91 Å². The number of rotatable bonds is 5. The summed E-state index contributed by atoms with van der Waals surface area (Å²) < 4.78 is 23.4. The molecule has 1 aromatic carbocycles. The third-order valence-corrected chi connectivity index (χ3v) is 7.77. The maximum atomic E-state index is 12.8. The van der Waals surface area contributed by atoms with Crippen LogP contribution in [0.4, 0.5) is 5.13 Å². The van der Waals surface area contributed by atoms with Crippen LogP contribution in [-0.4, -0.2) is 42.2 Å². The first-order chi connectivity index (χ1) is 13.3. The number of allylic oxidation sites excluding steroid dienone is 1. The van der Waals surface area contributed by atoms with Crippen molar-refractivity contribution in [2.75, 3.05) is 17.3 Å². The first-order valence-corrected chi connectivity index (χ1v) is 13.0. The van der Waals surface area contributed by atoms with E-state index in [4.69, 9.17) is 0 Å². The number of nitrogens with one attached hydrogen (secondary N) is 1. The quantitative estimate of drug-likeness (QED) is 0.555. The van der Waals surface area contributed by atoms with Crippen LogP contribution in [0.25, 0.3) is 5.57 Å². The van der Waals surface area contributed by atoms with E-state index in [0.717, 1.165) is 12.0 Å². The summed E-state index contributed by atoms with van der Waals surface area (Å²) in [7, 11) is -3.37. The molecular weight excluding hydrogens is 420 g/mol. The van der Waals surface area contributed by atoms with Gasteiger partial charge in [-0.2, -0.15) is 0 Å². The van der Waals surface area contributed by atoms with Gasteiger partial charge in [-0.3, -0.25) is 31.5 Å². The molecule has 1 aliphatic rings. The van der Waals surface area contributed by atoms with E-state index >= 15 is 0 Å². The summed E-state index contributed by atoms with van der Waals surface area (Å²) in [4.78, 5) is 41.0. The minimum absolute atomic E-state index is 0.130. The lowest BCUT2D eigenvalue weighted by molar-refractivity contribution is -0.133. The first kappa shape index (κ1) is 20.4. The number of ketones is 1. The van der Waals surface area contributed by atoms with E-state index in [2.05, 4.69) is 10.3 Å². The molecule has 1 amide bonds. The van der Waals surface area contributed by atoms with Crippen LogP contribution < -0.4 is 5.32 Å². The van der Waals surface area contributed by atoms with Crippen molar-refractivity contribution in [2.24, 2.45) is 5.92 Å². The minimum Gasteiger partial charge on any atom is -0.298 e. The molecule has 3 rings (SSSR count). The molecule has 1 N–H and O–H groups in total. The highest BCUT2D eigenvalue weighted by molar-refractivity contribution is 8.15. The molecule has 10 heteroatoms. The Labute approximate surface area is 170 Å². The van der Waals surface area contributed by atoms with Crippen molar-refractivity contribution in [3.63, 3.8) is 0 Å². The maximum absolute atomic E-state index is 12.8. The fourth-order valence-corrected chi connectivity index (χ4v) is 5.57. The highest BCUT2D eigenvalue weighted by atomic mass is 32.2. The Morgan fingerprint density at radius 1 is 1.29 bits per heavy atom. The second-order valence-corrected chi connectivity index (χ2v) is 11.2. The van der Waals surface area contributed by atoms with Crippen molar-refractivity contribution in [2.45, 2.75) is 11.3 Å². The second-order valence-electron chi connectivity index (χ2n) is 6.45. The number of sulfone groups is 1. The number of anilines is 1. The van der Waals surface area contributed by atoms with Crippen molar-refractivity contribution in [1.82, 2.24) is 4.98 Å². The van der Waals surface area contributed by atoms with Crippen LogP contribution in [0.1, 0.15) is 12.0 Å². The van der Waals surface area contributed by atoms with Gasteiger partial charge in [-0.1, -0.05) is 18.2 Å². The third kappa shape index (κ3) is 4.75. The molecule has 150 valence electrons. The van der Waals surface area contributed by atoms with Crippen molar-refractivity contribution in [3.05, 3.63) is 47.5 Å². The molecule has 2 heterocycles. The lowest BCUT2D eigenvalue weighted by Crippen LogP contribution is -2.27. The SMILES string of the molecule is CS(=O)(=O)c1ccc(/C(=C\C2CC[SH4]C(=O)C2=O)C(=O)Nc2nccs2)cc1. The number of nitrogens with zero attached hydrogens (tertiary/aromatic N) is 1. The number of carbonyl (C=O) groups is 3.